The van der Waals surface area contributed by atoms with Crippen LogP contribution in [0.1, 0.15) is 76.3 Å². The standard InChI is InChI=1S/C23H34FN3O4/c1-4-5-6-7-8-9-10-11-16-27-20(18-12-14-19(24)15-13-18)17-23(25-26-27,21(28)30-2)22(29)31-3/h12-15,20H,4-11,16-17H2,1-3H3. The van der Waals surface area contributed by atoms with E-state index in [9.17, 15) is 14.0 Å². The van der Waals surface area contributed by atoms with Gasteiger partial charge in [0.2, 0.25) is 0 Å². The highest BCUT2D eigenvalue weighted by Crippen LogP contribution is 2.38. The van der Waals surface area contributed by atoms with Gasteiger partial charge in [-0.15, -0.1) is 5.11 Å². The molecular formula is C23H34FN3O4. The smallest absolute Gasteiger partial charge is 0.347 e. The highest BCUT2D eigenvalue weighted by Gasteiger charge is 2.54. The zero-order valence-electron chi connectivity index (χ0n) is 18.8. The van der Waals surface area contributed by atoms with Crippen molar-refractivity contribution in [2.45, 2.75) is 76.3 Å². The Hall–Kier alpha value is -2.51. The molecule has 1 atom stereocenters. The van der Waals surface area contributed by atoms with E-state index in [0.29, 0.717) is 6.54 Å². The number of methoxy groups -OCH3 is 2. The molecule has 0 bridgehead atoms. The van der Waals surface area contributed by atoms with E-state index < -0.39 is 23.5 Å². The summed E-state index contributed by atoms with van der Waals surface area (Å²) in [4.78, 5) is 25.0. The van der Waals surface area contributed by atoms with Gasteiger partial charge in [0.15, 0.2) is 0 Å². The average molecular weight is 436 g/mol. The number of ether oxygens (including phenoxy) is 2. The molecule has 0 saturated heterocycles. The molecule has 0 fully saturated rings. The monoisotopic (exact) mass is 435 g/mol. The molecule has 0 spiro atoms. The van der Waals surface area contributed by atoms with Crippen molar-refractivity contribution in [3.8, 4) is 0 Å². The predicted octanol–water partition coefficient (Wildman–Crippen LogP) is 5.17. The van der Waals surface area contributed by atoms with Gasteiger partial charge in [0.25, 0.3) is 5.54 Å². The fourth-order valence-electron chi connectivity index (χ4n) is 3.87. The summed E-state index contributed by atoms with van der Waals surface area (Å²) in [5, 5.41) is 10.0. The van der Waals surface area contributed by atoms with Gasteiger partial charge in [-0.05, 0) is 24.1 Å². The minimum absolute atomic E-state index is 0.0124. The molecular weight excluding hydrogens is 401 g/mol. The maximum absolute atomic E-state index is 13.5. The molecule has 0 saturated carbocycles. The molecule has 1 aliphatic rings. The summed E-state index contributed by atoms with van der Waals surface area (Å²) in [5.41, 5.74) is -1.12. The van der Waals surface area contributed by atoms with E-state index in [4.69, 9.17) is 9.47 Å². The lowest BCUT2D eigenvalue weighted by Gasteiger charge is -2.37. The number of carbonyl (C=O) groups is 2. The van der Waals surface area contributed by atoms with Gasteiger partial charge in [-0.2, -0.15) is 0 Å². The average Bonchev–Trinajstić information content (AvgIpc) is 2.80. The topological polar surface area (TPSA) is 80.6 Å². The van der Waals surface area contributed by atoms with E-state index in [1.807, 2.05) is 0 Å². The quantitative estimate of drug-likeness (QED) is 0.257. The molecule has 1 heterocycles. The molecule has 172 valence electrons. The van der Waals surface area contributed by atoms with Gasteiger partial charge >= 0.3 is 11.9 Å². The molecule has 0 aromatic heterocycles. The van der Waals surface area contributed by atoms with E-state index in [2.05, 4.69) is 17.3 Å². The van der Waals surface area contributed by atoms with Crippen LogP contribution in [0.4, 0.5) is 4.39 Å². The van der Waals surface area contributed by atoms with Crippen LogP contribution < -0.4 is 0 Å². The van der Waals surface area contributed by atoms with Gasteiger partial charge in [0.1, 0.15) is 5.82 Å². The van der Waals surface area contributed by atoms with Crippen molar-refractivity contribution < 1.29 is 23.5 Å². The van der Waals surface area contributed by atoms with Crippen molar-refractivity contribution in [3.05, 3.63) is 35.6 Å². The van der Waals surface area contributed by atoms with E-state index >= 15 is 0 Å². The number of esters is 2. The fraction of sp³-hybridized carbons (Fsp3) is 0.652. The van der Waals surface area contributed by atoms with E-state index in [1.54, 1.807) is 17.1 Å². The third kappa shape index (κ3) is 6.48. The van der Waals surface area contributed by atoms with Gasteiger partial charge in [-0.1, -0.05) is 69.2 Å². The van der Waals surface area contributed by atoms with Crippen LogP contribution in [0.25, 0.3) is 0 Å². The van der Waals surface area contributed by atoms with Crippen LogP contribution in [0.5, 0.6) is 0 Å². The van der Waals surface area contributed by atoms with Crippen molar-refractivity contribution in [1.29, 1.82) is 0 Å². The highest BCUT2D eigenvalue weighted by molar-refractivity contribution is 6.05. The van der Waals surface area contributed by atoms with Crippen LogP contribution in [0.3, 0.4) is 0 Å². The zero-order valence-corrected chi connectivity index (χ0v) is 18.8. The van der Waals surface area contributed by atoms with Crippen molar-refractivity contribution in [1.82, 2.24) is 5.01 Å². The predicted molar refractivity (Wildman–Crippen MR) is 115 cm³/mol. The summed E-state index contributed by atoms with van der Waals surface area (Å²) in [6, 6.07) is 5.56. The van der Waals surface area contributed by atoms with E-state index in [-0.39, 0.29) is 12.2 Å². The van der Waals surface area contributed by atoms with Crippen molar-refractivity contribution in [3.63, 3.8) is 0 Å². The number of unbranched alkanes of at least 4 members (excludes halogenated alkanes) is 7. The highest BCUT2D eigenvalue weighted by atomic mass is 19.1. The molecule has 0 radical (unpaired) electrons. The first-order chi connectivity index (χ1) is 15.0. The third-order valence-electron chi connectivity index (χ3n) is 5.72. The lowest BCUT2D eigenvalue weighted by molar-refractivity contribution is -0.164. The first kappa shape index (κ1) is 24.8. The number of hydrogen-bond donors (Lipinski definition) is 0. The Morgan fingerprint density at radius 2 is 1.55 bits per heavy atom. The van der Waals surface area contributed by atoms with Gasteiger partial charge in [-0.3, -0.25) is 5.01 Å². The number of carbonyl (C=O) groups excluding carboxylic acids is 2. The Bertz CT molecular complexity index is 723. The Labute approximate surface area is 184 Å². The summed E-state index contributed by atoms with van der Waals surface area (Å²) in [7, 11) is 2.39. The van der Waals surface area contributed by atoms with Crippen LogP contribution in [-0.2, 0) is 19.1 Å². The summed E-state index contributed by atoms with van der Waals surface area (Å²) >= 11 is 0. The van der Waals surface area contributed by atoms with E-state index in [0.717, 1.165) is 24.8 Å². The lowest BCUT2D eigenvalue weighted by Crippen LogP contribution is -2.51. The largest absolute Gasteiger partial charge is 0.467 e. The number of nitrogens with zero attached hydrogens (tertiary/aromatic N) is 3. The van der Waals surface area contributed by atoms with Crippen LogP contribution >= 0.6 is 0 Å². The maximum atomic E-state index is 13.5. The molecule has 2 rings (SSSR count). The van der Waals surface area contributed by atoms with Gasteiger partial charge in [0, 0.05) is 13.0 Å². The van der Waals surface area contributed by atoms with Crippen molar-refractivity contribution in [2.24, 2.45) is 10.3 Å². The Morgan fingerprint density at radius 3 is 2.10 bits per heavy atom. The first-order valence-corrected chi connectivity index (χ1v) is 11.1. The normalized spacial score (nSPS) is 17.4. The molecule has 1 aromatic carbocycles. The SMILES string of the molecule is CCCCCCCCCCN1N=NC(C(=O)OC)(C(=O)OC)CC1c1ccc(F)cc1. The molecule has 8 heteroatoms. The number of benzene rings is 1. The van der Waals surface area contributed by atoms with E-state index in [1.165, 1.54) is 58.5 Å². The lowest BCUT2D eigenvalue weighted by atomic mass is 9.87. The second-order valence-corrected chi connectivity index (χ2v) is 7.94. The minimum Gasteiger partial charge on any atom is -0.467 e. The zero-order chi connectivity index (χ0) is 22.7. The maximum Gasteiger partial charge on any atom is 0.347 e. The fourth-order valence-corrected chi connectivity index (χ4v) is 3.87. The molecule has 31 heavy (non-hydrogen) atoms. The second-order valence-electron chi connectivity index (χ2n) is 7.94. The molecule has 7 nitrogen and oxygen atoms in total. The number of rotatable bonds is 12. The molecule has 0 amide bonds. The first-order valence-electron chi connectivity index (χ1n) is 11.1. The van der Waals surface area contributed by atoms with Crippen LogP contribution in [0.2, 0.25) is 0 Å². The van der Waals surface area contributed by atoms with Crippen LogP contribution in [0, 0.1) is 5.82 Å². The molecule has 0 N–H and O–H groups in total. The Balaban J connectivity index is 2.12. The summed E-state index contributed by atoms with van der Waals surface area (Å²) < 4.78 is 23.1. The van der Waals surface area contributed by atoms with Crippen LogP contribution in [0.15, 0.2) is 34.6 Å². The van der Waals surface area contributed by atoms with Crippen LogP contribution in [-0.4, -0.2) is 43.3 Å². The van der Waals surface area contributed by atoms with Crippen molar-refractivity contribution >= 4 is 11.9 Å². The molecule has 0 aliphatic carbocycles. The molecule has 1 aromatic rings. The van der Waals surface area contributed by atoms with Crippen molar-refractivity contribution in [2.75, 3.05) is 20.8 Å². The number of hydrogen-bond acceptors (Lipinski definition) is 7. The van der Waals surface area contributed by atoms with Gasteiger partial charge in [0.05, 0.1) is 20.3 Å². The third-order valence-corrected chi connectivity index (χ3v) is 5.72. The summed E-state index contributed by atoms with van der Waals surface area (Å²) in [6.45, 7) is 2.83. The molecule has 1 unspecified atom stereocenters. The van der Waals surface area contributed by atoms with Gasteiger partial charge < -0.3 is 9.47 Å². The summed E-state index contributed by atoms with van der Waals surface area (Å²) in [5.74, 6) is -1.99. The number of halogens is 1. The molecule has 1 aliphatic heterocycles. The Kier molecular flexibility index (Phi) is 9.88. The Morgan fingerprint density at radius 1 is 1.00 bits per heavy atom. The van der Waals surface area contributed by atoms with Gasteiger partial charge in [-0.25, -0.2) is 14.0 Å². The summed E-state index contributed by atoms with van der Waals surface area (Å²) in [6.07, 6.45) is 9.43. The second kappa shape index (κ2) is 12.4. The minimum atomic E-state index is -1.86.